The van der Waals surface area contributed by atoms with Gasteiger partial charge in [0.1, 0.15) is 6.61 Å². The van der Waals surface area contributed by atoms with E-state index in [1.54, 1.807) is 0 Å². The lowest BCUT2D eigenvalue weighted by Crippen LogP contribution is -2.29. The lowest BCUT2D eigenvalue weighted by molar-refractivity contribution is -0.161. The monoisotopic (exact) mass is 1020 g/mol. The van der Waals surface area contributed by atoms with E-state index in [0.29, 0.717) is 6.42 Å². The molecule has 71 heavy (non-hydrogen) atoms. The van der Waals surface area contributed by atoms with Gasteiger partial charge in [0.15, 0.2) is 6.10 Å². The lowest BCUT2D eigenvalue weighted by Gasteiger charge is -2.19. The summed E-state index contributed by atoms with van der Waals surface area (Å²) in [7, 11) is -4.39. The van der Waals surface area contributed by atoms with Gasteiger partial charge in [-0.1, -0.05) is 262 Å². The molecule has 0 rings (SSSR count). The standard InChI is InChI=1S/C61H114NO8P/c1-3-5-7-9-11-13-15-17-19-21-22-23-24-25-26-27-28-29-30-31-32-33-34-35-36-38-39-41-43-45-47-49-51-53-60(63)67-57-59(58-69-71(65,66)68-56-55-62)70-61(64)54-52-50-48-46-44-42-40-37-20-18-16-14-12-10-8-6-4-2/h6,8,12,14,18,20-22,59H,3-5,7,9-11,13,15-17,19,23-58,62H2,1-2H3,(H,65,66)/b8-6-,14-12-,20-18-,22-21-. The van der Waals surface area contributed by atoms with Crippen LogP contribution in [0.3, 0.4) is 0 Å². The van der Waals surface area contributed by atoms with Crippen molar-refractivity contribution in [3.63, 3.8) is 0 Å². The number of nitrogens with two attached hydrogens (primary N) is 1. The zero-order valence-electron chi connectivity index (χ0n) is 46.5. The summed E-state index contributed by atoms with van der Waals surface area (Å²) in [5.74, 6) is -0.828. The van der Waals surface area contributed by atoms with Gasteiger partial charge in [0.25, 0.3) is 0 Å². The number of hydrogen-bond acceptors (Lipinski definition) is 8. The number of unbranched alkanes of at least 4 members (excludes halogenated alkanes) is 36. The summed E-state index contributed by atoms with van der Waals surface area (Å²) >= 11 is 0. The molecule has 9 nitrogen and oxygen atoms in total. The Morgan fingerprint density at radius 2 is 0.775 bits per heavy atom. The van der Waals surface area contributed by atoms with Crippen molar-refractivity contribution in [2.45, 2.75) is 302 Å². The molecule has 2 unspecified atom stereocenters. The van der Waals surface area contributed by atoms with Crippen molar-refractivity contribution in [3.8, 4) is 0 Å². The van der Waals surface area contributed by atoms with Gasteiger partial charge in [-0.25, -0.2) is 4.57 Å². The molecule has 2 atom stereocenters. The molecule has 0 bridgehead atoms. The van der Waals surface area contributed by atoms with Crippen molar-refractivity contribution in [2.75, 3.05) is 26.4 Å². The van der Waals surface area contributed by atoms with Crippen molar-refractivity contribution in [3.05, 3.63) is 48.6 Å². The minimum Gasteiger partial charge on any atom is -0.462 e. The Labute approximate surface area is 438 Å². The van der Waals surface area contributed by atoms with Crippen LogP contribution >= 0.6 is 7.82 Å². The summed E-state index contributed by atoms with van der Waals surface area (Å²) in [6, 6.07) is 0. The van der Waals surface area contributed by atoms with E-state index in [4.69, 9.17) is 24.3 Å². The van der Waals surface area contributed by atoms with Crippen molar-refractivity contribution in [1.82, 2.24) is 0 Å². The molecule has 0 saturated heterocycles. The fraction of sp³-hybridized carbons (Fsp3) is 0.836. The van der Waals surface area contributed by atoms with Gasteiger partial charge in [-0.05, 0) is 70.6 Å². The number of ether oxygens (including phenoxy) is 2. The van der Waals surface area contributed by atoms with Gasteiger partial charge < -0.3 is 20.1 Å². The summed E-state index contributed by atoms with van der Waals surface area (Å²) in [6.07, 6.45) is 70.5. The fourth-order valence-electron chi connectivity index (χ4n) is 8.77. The lowest BCUT2D eigenvalue weighted by atomic mass is 10.0. The van der Waals surface area contributed by atoms with Gasteiger partial charge in [0.05, 0.1) is 13.2 Å². The number of rotatable bonds is 57. The second-order valence-electron chi connectivity index (χ2n) is 20.2. The maximum absolute atomic E-state index is 12.7. The first-order valence-electron chi connectivity index (χ1n) is 30.1. The predicted molar refractivity (Wildman–Crippen MR) is 303 cm³/mol. The summed E-state index contributed by atoms with van der Waals surface area (Å²) in [4.78, 5) is 35.2. The third-order valence-electron chi connectivity index (χ3n) is 13.2. The Kier molecular flexibility index (Phi) is 55.6. The molecule has 416 valence electrons. The molecule has 0 aromatic rings. The molecule has 0 aromatic heterocycles. The molecule has 0 amide bonds. The maximum Gasteiger partial charge on any atom is 0.472 e. The number of esters is 2. The molecule has 0 aliphatic carbocycles. The zero-order valence-corrected chi connectivity index (χ0v) is 47.4. The average molecular weight is 1020 g/mol. The van der Waals surface area contributed by atoms with Gasteiger partial charge in [-0.15, -0.1) is 0 Å². The van der Waals surface area contributed by atoms with Crippen molar-refractivity contribution >= 4 is 19.8 Å². The van der Waals surface area contributed by atoms with E-state index < -0.39 is 26.5 Å². The minimum absolute atomic E-state index is 0.0516. The van der Waals surface area contributed by atoms with Crippen molar-refractivity contribution in [2.24, 2.45) is 5.73 Å². The Bertz CT molecular complexity index is 1300. The molecule has 0 saturated carbocycles. The SMILES string of the molecule is CC/C=C\C/C=C\C/C=C\CCCCCCCCCC(=O)OC(COC(=O)CCCCCCCCCCCCCCCCCCCCCCC/C=C\CCCCCCCCCC)COP(=O)(O)OCCN. The van der Waals surface area contributed by atoms with E-state index in [-0.39, 0.29) is 38.6 Å². The predicted octanol–water partition coefficient (Wildman–Crippen LogP) is 19.0. The molecule has 10 heteroatoms. The first kappa shape index (κ1) is 69.0. The highest BCUT2D eigenvalue weighted by Crippen LogP contribution is 2.43. The molecular formula is C61H114NO8P. The van der Waals surface area contributed by atoms with Crippen molar-refractivity contribution in [1.29, 1.82) is 0 Å². The summed E-state index contributed by atoms with van der Waals surface area (Å²) in [5.41, 5.74) is 5.38. The van der Waals surface area contributed by atoms with Crippen LogP contribution in [0.25, 0.3) is 0 Å². The first-order valence-corrected chi connectivity index (χ1v) is 31.6. The highest BCUT2D eigenvalue weighted by Gasteiger charge is 2.26. The van der Waals surface area contributed by atoms with E-state index in [0.717, 1.165) is 64.2 Å². The Morgan fingerprint density at radius 3 is 1.17 bits per heavy atom. The molecule has 0 aromatic carbocycles. The number of carbonyl (C=O) groups is 2. The maximum atomic E-state index is 12.7. The molecule has 0 spiro atoms. The van der Waals surface area contributed by atoms with Crippen LogP contribution in [0, 0.1) is 0 Å². The van der Waals surface area contributed by atoms with Crippen LogP contribution in [0.4, 0.5) is 0 Å². The second kappa shape index (κ2) is 57.3. The number of phosphoric acid groups is 1. The molecule has 3 N–H and O–H groups in total. The van der Waals surface area contributed by atoms with Gasteiger partial charge in [-0.3, -0.25) is 18.6 Å². The van der Waals surface area contributed by atoms with E-state index in [2.05, 4.69) is 62.5 Å². The van der Waals surface area contributed by atoms with Crippen LogP contribution in [0.15, 0.2) is 48.6 Å². The van der Waals surface area contributed by atoms with Gasteiger partial charge in [0.2, 0.25) is 0 Å². The highest BCUT2D eigenvalue weighted by atomic mass is 31.2. The van der Waals surface area contributed by atoms with Gasteiger partial charge >= 0.3 is 19.8 Å². The second-order valence-corrected chi connectivity index (χ2v) is 21.6. The van der Waals surface area contributed by atoms with Gasteiger partial charge in [0, 0.05) is 19.4 Å². The average Bonchev–Trinajstić information content (AvgIpc) is 3.36. The Morgan fingerprint density at radius 1 is 0.437 bits per heavy atom. The topological polar surface area (TPSA) is 134 Å². The van der Waals surface area contributed by atoms with Crippen LogP contribution in [0.2, 0.25) is 0 Å². The molecule has 0 fully saturated rings. The number of phosphoric ester groups is 1. The third-order valence-corrected chi connectivity index (χ3v) is 14.2. The van der Waals surface area contributed by atoms with Crippen LogP contribution < -0.4 is 5.73 Å². The highest BCUT2D eigenvalue weighted by molar-refractivity contribution is 7.47. The van der Waals surface area contributed by atoms with E-state index in [1.807, 2.05) is 0 Å². The van der Waals surface area contributed by atoms with E-state index in [1.165, 1.54) is 199 Å². The van der Waals surface area contributed by atoms with Crippen LogP contribution in [-0.2, 0) is 32.7 Å². The number of carbonyl (C=O) groups excluding carboxylic acids is 2. The zero-order chi connectivity index (χ0) is 51.7. The van der Waals surface area contributed by atoms with Crippen LogP contribution in [-0.4, -0.2) is 49.3 Å². The molecule has 0 heterocycles. The minimum atomic E-state index is -4.39. The Hall–Kier alpha value is -2.03. The number of hydrogen-bond donors (Lipinski definition) is 2. The fourth-order valence-corrected chi connectivity index (χ4v) is 9.53. The number of allylic oxidation sites excluding steroid dienone is 8. The smallest absolute Gasteiger partial charge is 0.462 e. The summed E-state index contributed by atoms with van der Waals surface area (Å²) in [5, 5.41) is 0. The third kappa shape index (κ3) is 57.1. The van der Waals surface area contributed by atoms with E-state index >= 15 is 0 Å². The van der Waals surface area contributed by atoms with E-state index in [9.17, 15) is 19.0 Å². The molecule has 0 radical (unpaired) electrons. The van der Waals surface area contributed by atoms with Crippen LogP contribution in [0.1, 0.15) is 296 Å². The molecule has 0 aliphatic rings. The normalized spacial score (nSPS) is 13.4. The molecule has 0 aliphatic heterocycles. The van der Waals surface area contributed by atoms with Gasteiger partial charge in [-0.2, -0.15) is 0 Å². The quantitative estimate of drug-likeness (QED) is 0.0264. The first-order chi connectivity index (χ1) is 34.8. The Balaban J connectivity index is 3.84. The van der Waals surface area contributed by atoms with Crippen LogP contribution in [0.5, 0.6) is 0 Å². The summed E-state index contributed by atoms with van der Waals surface area (Å²) < 4.78 is 33.0. The molecular weight excluding hydrogens is 906 g/mol. The summed E-state index contributed by atoms with van der Waals surface area (Å²) in [6.45, 7) is 3.66. The van der Waals surface area contributed by atoms with Crippen molar-refractivity contribution < 1.29 is 37.6 Å². The largest absolute Gasteiger partial charge is 0.472 e.